The largest absolute Gasteiger partial charge is 0.356 e. The van der Waals surface area contributed by atoms with Crippen molar-refractivity contribution < 1.29 is 12.8 Å². The van der Waals surface area contributed by atoms with Crippen LogP contribution in [0.2, 0.25) is 0 Å². The molecule has 136 valence electrons. The van der Waals surface area contributed by atoms with Gasteiger partial charge in [0.2, 0.25) is 0 Å². The van der Waals surface area contributed by atoms with E-state index in [9.17, 15) is 12.8 Å². The van der Waals surface area contributed by atoms with Crippen molar-refractivity contribution in [3.05, 3.63) is 35.6 Å². The zero-order chi connectivity index (χ0) is 16.9. The first-order valence-electron chi connectivity index (χ1n) is 7.74. The normalized spacial score (nSPS) is 16.2. The van der Waals surface area contributed by atoms with E-state index in [0.29, 0.717) is 25.5 Å². The molecule has 0 aliphatic heterocycles. The lowest BCUT2D eigenvalue weighted by Crippen LogP contribution is -2.42. The van der Waals surface area contributed by atoms with Gasteiger partial charge >= 0.3 is 0 Å². The average molecular weight is 469 g/mol. The number of halogens is 2. The van der Waals surface area contributed by atoms with E-state index >= 15 is 0 Å². The molecule has 1 aliphatic rings. The predicted octanol–water partition coefficient (Wildman–Crippen LogP) is 2.08. The monoisotopic (exact) mass is 469 g/mol. The van der Waals surface area contributed by atoms with E-state index in [1.165, 1.54) is 12.3 Å². The summed E-state index contributed by atoms with van der Waals surface area (Å²) in [6.45, 7) is 1.14. The molecule has 2 N–H and O–H groups in total. The first-order valence-corrected chi connectivity index (χ1v) is 9.80. The highest BCUT2D eigenvalue weighted by Gasteiger charge is 2.45. The van der Waals surface area contributed by atoms with E-state index in [1.807, 2.05) is 12.1 Å². The molecule has 0 atom stereocenters. The van der Waals surface area contributed by atoms with Crippen molar-refractivity contribution in [2.75, 3.05) is 32.1 Å². The number of rotatable bonds is 7. The van der Waals surface area contributed by atoms with Gasteiger partial charge in [-0.1, -0.05) is 18.2 Å². The zero-order valence-corrected chi connectivity index (χ0v) is 17.2. The number of nitrogens with one attached hydrogen (secondary N) is 2. The molecule has 0 amide bonds. The van der Waals surface area contributed by atoms with Crippen LogP contribution in [0.3, 0.4) is 0 Å². The van der Waals surface area contributed by atoms with Crippen molar-refractivity contribution in [2.45, 2.75) is 24.7 Å². The van der Waals surface area contributed by atoms with Crippen molar-refractivity contribution in [1.82, 2.24) is 10.6 Å². The molecule has 1 saturated carbocycles. The minimum Gasteiger partial charge on any atom is -0.356 e. The van der Waals surface area contributed by atoms with Gasteiger partial charge in [0.05, 0.1) is 5.75 Å². The fraction of sp³-hybridized carbons (Fsp3) is 0.562. The van der Waals surface area contributed by atoms with Crippen LogP contribution in [0, 0.1) is 5.82 Å². The van der Waals surface area contributed by atoms with E-state index in [4.69, 9.17) is 0 Å². The number of aliphatic imine (C=N–C) groups is 1. The molecule has 1 aromatic carbocycles. The third kappa shape index (κ3) is 6.19. The van der Waals surface area contributed by atoms with Gasteiger partial charge < -0.3 is 10.6 Å². The Morgan fingerprint density at radius 3 is 2.50 bits per heavy atom. The van der Waals surface area contributed by atoms with E-state index in [2.05, 4.69) is 15.6 Å². The average Bonchev–Trinajstić information content (AvgIpc) is 3.27. The summed E-state index contributed by atoms with van der Waals surface area (Å²) in [5, 5.41) is 6.31. The second-order valence-electron chi connectivity index (χ2n) is 6.10. The van der Waals surface area contributed by atoms with Crippen molar-refractivity contribution in [3.63, 3.8) is 0 Å². The van der Waals surface area contributed by atoms with Crippen LogP contribution in [0.15, 0.2) is 29.3 Å². The molecule has 0 aromatic heterocycles. The number of sulfone groups is 1. The van der Waals surface area contributed by atoms with Crippen molar-refractivity contribution in [1.29, 1.82) is 0 Å². The SMILES string of the molecule is CN=C(NCCCS(C)(=O)=O)NCC1(c2ccccc2F)CC1.I. The Balaban J connectivity index is 0.00000288. The lowest BCUT2D eigenvalue weighted by Gasteiger charge is -2.19. The van der Waals surface area contributed by atoms with Crippen molar-refractivity contribution >= 4 is 39.8 Å². The Labute approximate surface area is 160 Å². The second kappa shape index (κ2) is 8.98. The second-order valence-corrected chi connectivity index (χ2v) is 8.36. The van der Waals surface area contributed by atoms with Crippen molar-refractivity contribution in [3.8, 4) is 0 Å². The molecule has 24 heavy (non-hydrogen) atoms. The molecule has 0 saturated heterocycles. The molecule has 2 rings (SSSR count). The number of nitrogens with zero attached hydrogens (tertiary/aromatic N) is 1. The van der Waals surface area contributed by atoms with Gasteiger partial charge in [0.25, 0.3) is 0 Å². The summed E-state index contributed by atoms with van der Waals surface area (Å²) in [6.07, 6.45) is 3.65. The molecule has 5 nitrogen and oxygen atoms in total. The van der Waals surface area contributed by atoms with Crippen LogP contribution in [0.5, 0.6) is 0 Å². The van der Waals surface area contributed by atoms with Gasteiger partial charge in [0.1, 0.15) is 15.7 Å². The summed E-state index contributed by atoms with van der Waals surface area (Å²) >= 11 is 0. The van der Waals surface area contributed by atoms with Crippen LogP contribution in [-0.4, -0.2) is 46.5 Å². The third-order valence-corrected chi connectivity index (χ3v) is 5.13. The van der Waals surface area contributed by atoms with Gasteiger partial charge in [-0.3, -0.25) is 4.99 Å². The van der Waals surface area contributed by atoms with Crippen LogP contribution < -0.4 is 10.6 Å². The van der Waals surface area contributed by atoms with E-state index in [0.717, 1.165) is 18.4 Å². The van der Waals surface area contributed by atoms with Crippen LogP contribution >= 0.6 is 24.0 Å². The topological polar surface area (TPSA) is 70.6 Å². The fourth-order valence-corrected chi connectivity index (χ4v) is 3.27. The molecule has 1 fully saturated rings. The Bertz CT molecular complexity index is 676. The number of guanidine groups is 1. The summed E-state index contributed by atoms with van der Waals surface area (Å²) in [7, 11) is -1.28. The molecule has 1 aliphatic carbocycles. The Morgan fingerprint density at radius 2 is 1.96 bits per heavy atom. The maximum atomic E-state index is 14.0. The van der Waals surface area contributed by atoms with E-state index < -0.39 is 9.84 Å². The molecule has 0 spiro atoms. The van der Waals surface area contributed by atoms with Crippen molar-refractivity contribution in [2.24, 2.45) is 4.99 Å². The lowest BCUT2D eigenvalue weighted by molar-refractivity contribution is 0.559. The number of benzene rings is 1. The molecule has 1 aromatic rings. The molecule has 0 unspecified atom stereocenters. The van der Waals surface area contributed by atoms with Gasteiger partial charge in [0, 0.05) is 31.8 Å². The number of hydrogen-bond donors (Lipinski definition) is 2. The molecule has 0 heterocycles. The van der Waals surface area contributed by atoms with Gasteiger partial charge in [-0.25, -0.2) is 12.8 Å². The van der Waals surface area contributed by atoms with Crippen LogP contribution in [0.4, 0.5) is 4.39 Å². The smallest absolute Gasteiger partial charge is 0.191 e. The number of hydrogen-bond acceptors (Lipinski definition) is 3. The molecule has 0 radical (unpaired) electrons. The van der Waals surface area contributed by atoms with Gasteiger partial charge in [-0.05, 0) is 30.9 Å². The maximum Gasteiger partial charge on any atom is 0.191 e. The van der Waals surface area contributed by atoms with Gasteiger partial charge in [0.15, 0.2) is 5.96 Å². The third-order valence-electron chi connectivity index (χ3n) is 4.10. The van der Waals surface area contributed by atoms with E-state index in [-0.39, 0.29) is 41.0 Å². The highest BCUT2D eigenvalue weighted by Crippen LogP contribution is 2.48. The molecule has 8 heteroatoms. The first-order chi connectivity index (χ1) is 10.9. The Morgan fingerprint density at radius 1 is 1.29 bits per heavy atom. The van der Waals surface area contributed by atoms with Crippen LogP contribution in [0.1, 0.15) is 24.8 Å². The molecule has 0 bridgehead atoms. The van der Waals surface area contributed by atoms with Crippen LogP contribution in [-0.2, 0) is 15.3 Å². The predicted molar refractivity (Wildman–Crippen MR) is 106 cm³/mol. The summed E-state index contributed by atoms with van der Waals surface area (Å²) in [5.41, 5.74) is 0.593. The Kier molecular flexibility index (Phi) is 7.91. The quantitative estimate of drug-likeness (QED) is 0.278. The summed E-state index contributed by atoms with van der Waals surface area (Å²) in [4.78, 5) is 4.12. The minimum absolute atomic E-state index is 0. The van der Waals surface area contributed by atoms with Gasteiger partial charge in [-0.2, -0.15) is 0 Å². The lowest BCUT2D eigenvalue weighted by atomic mass is 9.95. The molecular weight excluding hydrogens is 444 g/mol. The van der Waals surface area contributed by atoms with Gasteiger partial charge in [-0.15, -0.1) is 24.0 Å². The summed E-state index contributed by atoms with van der Waals surface area (Å²) < 4.78 is 36.1. The zero-order valence-electron chi connectivity index (χ0n) is 14.0. The first kappa shape index (κ1) is 21.1. The van der Waals surface area contributed by atoms with Crippen LogP contribution in [0.25, 0.3) is 0 Å². The fourth-order valence-electron chi connectivity index (χ4n) is 2.60. The summed E-state index contributed by atoms with van der Waals surface area (Å²) in [6, 6.07) is 6.89. The summed E-state index contributed by atoms with van der Waals surface area (Å²) in [5.74, 6) is 0.597. The minimum atomic E-state index is -2.94. The maximum absolute atomic E-state index is 14.0. The van der Waals surface area contributed by atoms with E-state index in [1.54, 1.807) is 13.1 Å². The highest BCUT2D eigenvalue weighted by atomic mass is 127. The Hall–Kier alpha value is -0.900. The molecular formula is C16H25FIN3O2S. The highest BCUT2D eigenvalue weighted by molar-refractivity contribution is 14.0. The standard InChI is InChI=1S/C16H24FN3O2S.HI/c1-18-15(19-10-5-11-23(2,21)22)20-12-16(8-9-16)13-6-3-4-7-14(13)17;/h3-4,6-7H,5,8-12H2,1-2H3,(H2,18,19,20);1H.